The molecule has 1 amide bonds. The highest BCUT2D eigenvalue weighted by Gasteiger charge is 2.33. The number of amides is 1. The first kappa shape index (κ1) is 16.6. The summed E-state index contributed by atoms with van der Waals surface area (Å²) in [5.41, 5.74) is 7.97. The lowest BCUT2D eigenvalue weighted by atomic mass is 9.79. The van der Waals surface area contributed by atoms with Crippen LogP contribution in [-0.2, 0) is 10.3 Å². The number of nitrogens with zero attached hydrogens (tertiary/aromatic N) is 1. The normalized spacial score (nSPS) is 16.5. The molecule has 1 aromatic carbocycles. The first-order chi connectivity index (χ1) is 11.5. The summed E-state index contributed by atoms with van der Waals surface area (Å²) in [5, 5.41) is 2.53. The van der Waals surface area contributed by atoms with Gasteiger partial charge in [-0.1, -0.05) is 18.9 Å². The molecule has 0 aliphatic heterocycles. The maximum Gasteiger partial charge on any atom is 0.221 e. The van der Waals surface area contributed by atoms with E-state index in [0.29, 0.717) is 0 Å². The molecule has 1 aromatic heterocycles. The molecule has 0 bridgehead atoms. The van der Waals surface area contributed by atoms with Crippen molar-refractivity contribution in [3.8, 4) is 0 Å². The highest BCUT2D eigenvalue weighted by molar-refractivity contribution is 5.88. The summed E-state index contributed by atoms with van der Waals surface area (Å²) in [6.45, 7) is 1.36. The van der Waals surface area contributed by atoms with Gasteiger partial charge in [0, 0.05) is 19.3 Å². The molecule has 2 aromatic rings. The van der Waals surface area contributed by atoms with Crippen LogP contribution >= 0.6 is 0 Å². The number of hydrogen-bond acceptors (Lipinski definition) is 3. The maximum atomic E-state index is 14.0. The predicted molar refractivity (Wildman–Crippen MR) is 91.9 cm³/mol. The van der Waals surface area contributed by atoms with Crippen LogP contribution < -0.4 is 11.1 Å². The molecule has 1 saturated carbocycles. The third kappa shape index (κ3) is 3.62. The summed E-state index contributed by atoms with van der Waals surface area (Å²) in [5.74, 6) is -0.0335. The lowest BCUT2D eigenvalue weighted by Gasteiger charge is -2.31. The molecule has 1 fully saturated rings. The smallest absolute Gasteiger partial charge is 0.221 e. The maximum absolute atomic E-state index is 14.0. The molecule has 1 aliphatic rings. The Kier molecular flexibility index (Phi) is 4.62. The first-order valence-corrected chi connectivity index (χ1v) is 8.26. The summed E-state index contributed by atoms with van der Waals surface area (Å²) in [6.07, 6.45) is 7.75. The highest BCUT2D eigenvalue weighted by Crippen LogP contribution is 2.40. The van der Waals surface area contributed by atoms with Crippen molar-refractivity contribution < 1.29 is 9.18 Å². The topological polar surface area (TPSA) is 68.0 Å². The van der Waals surface area contributed by atoms with Crippen molar-refractivity contribution in [3.05, 3.63) is 59.7 Å². The molecule has 1 atom stereocenters. The van der Waals surface area contributed by atoms with Crippen molar-refractivity contribution in [2.24, 2.45) is 11.7 Å². The quantitative estimate of drug-likeness (QED) is 0.852. The standard InChI is InChI=1S/C19H22FN3O/c1-13(24)23-18-12-16(4-5-17(18)20)19(21,9-6-14-2-3-14)15-7-10-22-11-8-15/h4-5,7-8,10-12,14H,2-3,6,9,21H2,1H3,(H,23,24). The molecule has 3 rings (SSSR count). The number of nitrogens with two attached hydrogens (primary N) is 1. The van der Waals surface area contributed by atoms with Gasteiger partial charge < -0.3 is 11.1 Å². The Labute approximate surface area is 141 Å². The van der Waals surface area contributed by atoms with Crippen LogP contribution in [0, 0.1) is 11.7 Å². The molecular weight excluding hydrogens is 305 g/mol. The largest absolute Gasteiger partial charge is 0.324 e. The van der Waals surface area contributed by atoms with Crippen molar-refractivity contribution in [2.45, 2.75) is 38.1 Å². The minimum absolute atomic E-state index is 0.162. The molecule has 0 saturated heterocycles. The zero-order valence-corrected chi connectivity index (χ0v) is 13.8. The number of benzene rings is 1. The van der Waals surface area contributed by atoms with Crippen LogP contribution in [0.3, 0.4) is 0 Å². The van der Waals surface area contributed by atoms with Crippen molar-refractivity contribution in [1.29, 1.82) is 0 Å². The van der Waals surface area contributed by atoms with Gasteiger partial charge in [0.15, 0.2) is 0 Å². The Bertz CT molecular complexity index is 731. The zero-order valence-electron chi connectivity index (χ0n) is 13.8. The van der Waals surface area contributed by atoms with Crippen molar-refractivity contribution in [1.82, 2.24) is 4.98 Å². The molecule has 24 heavy (non-hydrogen) atoms. The van der Waals surface area contributed by atoms with Crippen LogP contribution in [0.25, 0.3) is 0 Å². The van der Waals surface area contributed by atoms with Gasteiger partial charge in [-0.15, -0.1) is 0 Å². The minimum Gasteiger partial charge on any atom is -0.324 e. The van der Waals surface area contributed by atoms with Crippen LogP contribution in [-0.4, -0.2) is 10.9 Å². The SMILES string of the molecule is CC(=O)Nc1cc(C(N)(CCC2CC2)c2ccncc2)ccc1F. The fourth-order valence-corrected chi connectivity index (χ4v) is 3.03. The van der Waals surface area contributed by atoms with E-state index in [1.165, 1.54) is 25.8 Å². The minimum atomic E-state index is -0.730. The second kappa shape index (κ2) is 6.69. The Morgan fingerprint density at radius 3 is 2.62 bits per heavy atom. The van der Waals surface area contributed by atoms with E-state index in [-0.39, 0.29) is 11.6 Å². The highest BCUT2D eigenvalue weighted by atomic mass is 19.1. The number of hydrogen-bond donors (Lipinski definition) is 2. The Morgan fingerprint density at radius 2 is 2.00 bits per heavy atom. The van der Waals surface area contributed by atoms with Crippen molar-refractivity contribution >= 4 is 11.6 Å². The van der Waals surface area contributed by atoms with E-state index in [4.69, 9.17) is 5.73 Å². The van der Waals surface area contributed by atoms with Crippen LogP contribution in [0.5, 0.6) is 0 Å². The third-order valence-electron chi connectivity index (χ3n) is 4.63. The van der Waals surface area contributed by atoms with E-state index in [9.17, 15) is 9.18 Å². The van der Waals surface area contributed by atoms with Crippen LogP contribution in [0.4, 0.5) is 10.1 Å². The lowest BCUT2D eigenvalue weighted by Crippen LogP contribution is -2.38. The molecule has 0 radical (unpaired) electrons. The number of aromatic nitrogens is 1. The Hall–Kier alpha value is -2.27. The average Bonchev–Trinajstić information content (AvgIpc) is 3.39. The van der Waals surface area contributed by atoms with Crippen molar-refractivity contribution in [3.63, 3.8) is 0 Å². The van der Waals surface area contributed by atoms with E-state index in [1.54, 1.807) is 24.5 Å². The number of rotatable bonds is 6. The number of halogens is 1. The number of carbonyl (C=O) groups excluding carboxylic acids is 1. The number of pyridine rings is 1. The molecular formula is C19H22FN3O. The predicted octanol–water partition coefficient (Wildman–Crippen LogP) is 3.57. The molecule has 1 heterocycles. The van der Waals surface area contributed by atoms with E-state index >= 15 is 0 Å². The van der Waals surface area contributed by atoms with Gasteiger partial charge in [-0.3, -0.25) is 9.78 Å². The fraction of sp³-hybridized carbons (Fsp3) is 0.368. The van der Waals surface area contributed by atoms with Gasteiger partial charge in [-0.2, -0.15) is 0 Å². The molecule has 4 nitrogen and oxygen atoms in total. The van der Waals surface area contributed by atoms with Crippen LogP contribution in [0.15, 0.2) is 42.7 Å². The van der Waals surface area contributed by atoms with Gasteiger partial charge in [-0.05, 0) is 54.2 Å². The van der Waals surface area contributed by atoms with Crippen LogP contribution in [0.2, 0.25) is 0 Å². The Morgan fingerprint density at radius 1 is 1.29 bits per heavy atom. The van der Waals surface area contributed by atoms with E-state index < -0.39 is 11.4 Å². The molecule has 5 heteroatoms. The van der Waals surface area contributed by atoms with Gasteiger partial charge in [0.25, 0.3) is 0 Å². The monoisotopic (exact) mass is 327 g/mol. The second-order valence-electron chi connectivity index (χ2n) is 6.57. The van der Waals surface area contributed by atoms with Gasteiger partial charge in [-0.25, -0.2) is 4.39 Å². The number of nitrogens with one attached hydrogen (secondary N) is 1. The Balaban J connectivity index is 1.99. The molecule has 1 aliphatic carbocycles. The van der Waals surface area contributed by atoms with Gasteiger partial charge in [0.05, 0.1) is 11.2 Å². The first-order valence-electron chi connectivity index (χ1n) is 8.26. The molecule has 0 spiro atoms. The number of anilines is 1. The summed E-state index contributed by atoms with van der Waals surface area (Å²) in [6, 6.07) is 8.50. The summed E-state index contributed by atoms with van der Waals surface area (Å²) in [7, 11) is 0. The van der Waals surface area contributed by atoms with Gasteiger partial charge in [0.2, 0.25) is 5.91 Å². The summed E-state index contributed by atoms with van der Waals surface area (Å²) < 4.78 is 14.0. The molecule has 126 valence electrons. The third-order valence-corrected chi connectivity index (χ3v) is 4.63. The summed E-state index contributed by atoms with van der Waals surface area (Å²) in [4.78, 5) is 15.4. The number of carbonyl (C=O) groups is 1. The van der Waals surface area contributed by atoms with Gasteiger partial charge in [0.1, 0.15) is 5.82 Å². The van der Waals surface area contributed by atoms with Gasteiger partial charge >= 0.3 is 0 Å². The van der Waals surface area contributed by atoms with E-state index in [1.807, 2.05) is 12.1 Å². The molecule has 1 unspecified atom stereocenters. The zero-order chi connectivity index (χ0) is 17.2. The second-order valence-corrected chi connectivity index (χ2v) is 6.57. The van der Waals surface area contributed by atoms with Crippen molar-refractivity contribution in [2.75, 3.05) is 5.32 Å². The summed E-state index contributed by atoms with van der Waals surface area (Å²) >= 11 is 0. The molecule has 3 N–H and O–H groups in total. The lowest BCUT2D eigenvalue weighted by molar-refractivity contribution is -0.114. The van der Waals surface area contributed by atoms with E-state index in [0.717, 1.165) is 29.9 Å². The fourth-order valence-electron chi connectivity index (χ4n) is 3.03. The van der Waals surface area contributed by atoms with Crippen LogP contribution in [0.1, 0.15) is 43.7 Å². The average molecular weight is 327 g/mol. The van der Waals surface area contributed by atoms with E-state index in [2.05, 4.69) is 10.3 Å².